The largest absolute Gasteiger partial charge is 0.351 e. The summed E-state index contributed by atoms with van der Waals surface area (Å²) in [5, 5.41) is 2.07. The summed E-state index contributed by atoms with van der Waals surface area (Å²) in [6.07, 6.45) is 1.88. The van der Waals surface area contributed by atoms with Crippen LogP contribution in [0.15, 0.2) is 35.8 Å². The van der Waals surface area contributed by atoms with Crippen molar-refractivity contribution >= 4 is 33.4 Å². The van der Waals surface area contributed by atoms with Crippen LogP contribution in [-0.4, -0.2) is 15.0 Å². The second-order valence-corrected chi connectivity index (χ2v) is 5.80. The molecule has 3 heterocycles. The molecule has 98 valence electrons. The Morgan fingerprint density at radius 2 is 2.15 bits per heavy atom. The van der Waals surface area contributed by atoms with E-state index in [2.05, 4.69) is 37.0 Å². The number of aryl methyl sites for hydroxylation is 2. The molecule has 0 atom stereocenters. The number of benzene rings is 1. The molecule has 0 saturated carbocycles. The highest BCUT2D eigenvalue weighted by molar-refractivity contribution is 7.13. The van der Waals surface area contributed by atoms with E-state index in [0.29, 0.717) is 0 Å². The van der Waals surface area contributed by atoms with Gasteiger partial charge in [0.1, 0.15) is 0 Å². The van der Waals surface area contributed by atoms with Crippen LogP contribution in [-0.2, 0) is 7.05 Å². The van der Waals surface area contributed by atoms with Gasteiger partial charge in [-0.3, -0.25) is 4.98 Å². The third-order valence-corrected chi connectivity index (χ3v) is 4.51. The Kier molecular flexibility index (Phi) is 2.37. The van der Waals surface area contributed by atoms with Gasteiger partial charge in [-0.1, -0.05) is 6.07 Å². The van der Waals surface area contributed by atoms with Gasteiger partial charge in [0, 0.05) is 19.1 Å². The highest BCUT2D eigenvalue weighted by Gasteiger charge is 2.16. The number of aromatic nitrogens is 4. The number of thiophene rings is 1. The number of hydrogen-bond donors (Lipinski definition) is 1. The number of nitrogens with one attached hydrogen (secondary N) is 1. The molecular weight excluding hydrogens is 268 g/mol. The first-order valence-corrected chi connectivity index (χ1v) is 7.29. The third-order valence-electron chi connectivity index (χ3n) is 3.61. The van der Waals surface area contributed by atoms with Crippen LogP contribution in [0.1, 0.15) is 5.82 Å². The third kappa shape index (κ3) is 1.63. The molecule has 20 heavy (non-hydrogen) atoms. The van der Waals surface area contributed by atoms with Gasteiger partial charge in [-0.15, -0.1) is 11.3 Å². The summed E-state index contributed by atoms with van der Waals surface area (Å²) in [5.41, 5.74) is 5.13. The number of imidazole rings is 1. The normalized spacial score (nSPS) is 11.5. The van der Waals surface area contributed by atoms with Crippen molar-refractivity contribution in [2.24, 2.45) is 7.05 Å². The Labute approximate surface area is 119 Å². The van der Waals surface area contributed by atoms with Crippen LogP contribution in [0.4, 0.5) is 0 Å². The van der Waals surface area contributed by atoms with E-state index in [4.69, 9.17) is 0 Å². The van der Waals surface area contributed by atoms with Crippen LogP contribution < -0.4 is 4.57 Å². The van der Waals surface area contributed by atoms with Crippen molar-refractivity contribution in [2.45, 2.75) is 6.92 Å². The minimum Gasteiger partial charge on any atom is -0.351 e. The van der Waals surface area contributed by atoms with Crippen LogP contribution in [0.5, 0.6) is 0 Å². The molecule has 0 aliphatic heterocycles. The first-order chi connectivity index (χ1) is 9.72. The summed E-state index contributed by atoms with van der Waals surface area (Å²) in [5.74, 6) is 1.01. The van der Waals surface area contributed by atoms with E-state index in [1.165, 1.54) is 4.88 Å². The van der Waals surface area contributed by atoms with E-state index >= 15 is 0 Å². The van der Waals surface area contributed by atoms with Gasteiger partial charge in [0.15, 0.2) is 5.52 Å². The molecule has 0 fully saturated rings. The fraction of sp³-hybridized carbons (Fsp3) is 0.133. The maximum Gasteiger partial charge on any atom is 0.296 e. The Balaban J connectivity index is 2.01. The Morgan fingerprint density at radius 3 is 2.95 bits per heavy atom. The summed E-state index contributed by atoms with van der Waals surface area (Å²) in [4.78, 5) is 13.8. The van der Waals surface area contributed by atoms with Crippen molar-refractivity contribution < 1.29 is 4.57 Å². The monoisotopic (exact) mass is 281 g/mol. The summed E-state index contributed by atoms with van der Waals surface area (Å²) >= 11 is 1.71. The van der Waals surface area contributed by atoms with Gasteiger partial charge in [-0.25, -0.2) is 4.57 Å². The van der Waals surface area contributed by atoms with E-state index in [-0.39, 0.29) is 0 Å². The van der Waals surface area contributed by atoms with Crippen LogP contribution in [0.25, 0.3) is 32.6 Å². The molecule has 0 amide bonds. The highest BCUT2D eigenvalue weighted by Crippen LogP contribution is 2.25. The van der Waals surface area contributed by atoms with E-state index in [1.807, 2.05) is 32.3 Å². The van der Waals surface area contributed by atoms with Crippen molar-refractivity contribution in [1.82, 2.24) is 15.0 Å². The number of hydrogen-bond acceptors (Lipinski definition) is 3. The number of fused-ring (bicyclic) bond motifs is 2. The SMILES string of the molecule is Cc1nc2cc3ncc(-c4cccs4)[nH]c3cc2[n+]1C. The number of aromatic amines is 1. The van der Waals surface area contributed by atoms with Gasteiger partial charge in [0.25, 0.3) is 5.82 Å². The zero-order valence-electron chi connectivity index (χ0n) is 11.2. The number of rotatable bonds is 1. The average molecular weight is 281 g/mol. The van der Waals surface area contributed by atoms with Gasteiger partial charge in [0.05, 0.1) is 34.8 Å². The molecular formula is C15H13N4S+. The molecule has 0 unspecified atom stereocenters. The zero-order valence-corrected chi connectivity index (χ0v) is 12.0. The van der Waals surface area contributed by atoms with Gasteiger partial charge >= 0.3 is 0 Å². The minimum atomic E-state index is 0.941. The predicted octanol–water partition coefficient (Wildman–Crippen LogP) is 2.97. The van der Waals surface area contributed by atoms with E-state index in [1.54, 1.807) is 11.3 Å². The molecule has 4 nitrogen and oxygen atoms in total. The van der Waals surface area contributed by atoms with Crippen molar-refractivity contribution in [2.75, 3.05) is 0 Å². The van der Waals surface area contributed by atoms with Crippen molar-refractivity contribution in [3.63, 3.8) is 0 Å². The zero-order chi connectivity index (χ0) is 13.7. The molecule has 0 bridgehead atoms. The molecule has 4 rings (SSSR count). The summed E-state index contributed by atoms with van der Waals surface area (Å²) in [7, 11) is 2.03. The summed E-state index contributed by atoms with van der Waals surface area (Å²) in [6.45, 7) is 2.01. The molecule has 3 aromatic heterocycles. The molecule has 1 aromatic carbocycles. The lowest BCUT2D eigenvalue weighted by Gasteiger charge is -2.01. The number of H-pyrrole nitrogens is 1. The molecule has 0 aliphatic rings. The van der Waals surface area contributed by atoms with Crippen LogP contribution in [0.3, 0.4) is 0 Å². The lowest BCUT2D eigenvalue weighted by atomic mass is 10.2. The quantitative estimate of drug-likeness (QED) is 0.545. The first kappa shape index (κ1) is 11.5. The van der Waals surface area contributed by atoms with E-state index < -0.39 is 0 Å². The highest BCUT2D eigenvalue weighted by atomic mass is 32.1. The lowest BCUT2D eigenvalue weighted by molar-refractivity contribution is -0.651. The van der Waals surface area contributed by atoms with E-state index in [9.17, 15) is 0 Å². The van der Waals surface area contributed by atoms with Crippen molar-refractivity contribution in [3.05, 3.63) is 41.7 Å². The molecule has 0 radical (unpaired) electrons. The Morgan fingerprint density at radius 1 is 1.25 bits per heavy atom. The maximum atomic E-state index is 4.55. The topological polar surface area (TPSA) is 45.5 Å². The Hall–Kier alpha value is -2.27. The van der Waals surface area contributed by atoms with Crippen LogP contribution in [0, 0.1) is 6.92 Å². The minimum absolute atomic E-state index is 0.941. The molecule has 0 saturated heterocycles. The molecule has 5 heteroatoms. The van der Waals surface area contributed by atoms with Crippen molar-refractivity contribution in [1.29, 1.82) is 0 Å². The first-order valence-electron chi connectivity index (χ1n) is 6.41. The van der Waals surface area contributed by atoms with Crippen molar-refractivity contribution in [3.8, 4) is 10.6 Å². The molecule has 1 N–H and O–H groups in total. The summed E-state index contributed by atoms with van der Waals surface area (Å²) in [6, 6.07) is 8.30. The van der Waals surface area contributed by atoms with Crippen LogP contribution in [0.2, 0.25) is 0 Å². The van der Waals surface area contributed by atoms with E-state index in [0.717, 1.165) is 33.6 Å². The molecule has 0 aliphatic carbocycles. The predicted molar refractivity (Wildman–Crippen MR) is 80.6 cm³/mol. The van der Waals surface area contributed by atoms with Gasteiger partial charge < -0.3 is 4.98 Å². The number of nitrogens with zero attached hydrogens (tertiary/aromatic N) is 3. The fourth-order valence-corrected chi connectivity index (χ4v) is 3.11. The maximum absolute atomic E-state index is 4.55. The second-order valence-electron chi connectivity index (χ2n) is 4.85. The molecule has 0 spiro atoms. The molecule has 4 aromatic rings. The van der Waals surface area contributed by atoms with Gasteiger partial charge in [0.2, 0.25) is 5.52 Å². The van der Waals surface area contributed by atoms with Gasteiger partial charge in [-0.2, -0.15) is 0 Å². The Bertz CT molecular complexity index is 922. The average Bonchev–Trinajstić information content (AvgIpc) is 3.07. The van der Waals surface area contributed by atoms with Gasteiger partial charge in [-0.05, 0) is 16.4 Å². The fourth-order valence-electron chi connectivity index (χ4n) is 2.42. The standard InChI is InChI=1S/C15H12N4S/c1-9-17-12-6-10-11(7-14(12)19(9)2)18-13(8-16-10)15-4-3-5-20-15/h3-8H,1-2H3/p+1. The summed E-state index contributed by atoms with van der Waals surface area (Å²) < 4.78 is 2.10. The smallest absolute Gasteiger partial charge is 0.296 e. The van der Waals surface area contributed by atoms with Crippen LogP contribution >= 0.6 is 11.3 Å². The lowest BCUT2D eigenvalue weighted by Crippen LogP contribution is -2.29. The second kappa shape index (κ2) is 4.11.